The number of hydrogen-bond acceptors (Lipinski definition) is 5. The van der Waals surface area contributed by atoms with Crippen LogP contribution in [0.2, 0.25) is 0 Å². The summed E-state index contributed by atoms with van der Waals surface area (Å²) in [7, 11) is 4.21. The van der Waals surface area contributed by atoms with Crippen LogP contribution in [0.4, 0.5) is 11.6 Å². The fourth-order valence-electron chi connectivity index (χ4n) is 2.03. The van der Waals surface area contributed by atoms with Gasteiger partial charge in [-0.2, -0.15) is 0 Å². The van der Waals surface area contributed by atoms with Gasteiger partial charge in [0.15, 0.2) is 0 Å². The van der Waals surface area contributed by atoms with Gasteiger partial charge < -0.3 is 15.5 Å². The second-order valence-electron chi connectivity index (χ2n) is 6.77. The van der Waals surface area contributed by atoms with Crippen molar-refractivity contribution in [1.29, 1.82) is 0 Å². The molecule has 0 saturated heterocycles. The summed E-state index contributed by atoms with van der Waals surface area (Å²) < 4.78 is 0. The van der Waals surface area contributed by atoms with E-state index in [1.807, 2.05) is 0 Å². The quantitative estimate of drug-likeness (QED) is 0.809. The molecule has 0 aliphatic heterocycles. The lowest BCUT2D eigenvalue weighted by molar-refractivity contribution is 0.210. The van der Waals surface area contributed by atoms with Crippen molar-refractivity contribution >= 4 is 11.6 Å². The third kappa shape index (κ3) is 3.84. The van der Waals surface area contributed by atoms with Gasteiger partial charge in [-0.3, -0.25) is 0 Å². The number of nitrogens with one attached hydrogen (secondary N) is 2. The monoisotopic (exact) mass is 291 g/mol. The molecule has 118 valence electrons. The molecule has 0 radical (unpaired) electrons. The Hall–Kier alpha value is -1.36. The van der Waals surface area contributed by atoms with Gasteiger partial charge in [0, 0.05) is 30.1 Å². The SMILES string of the molecule is CCNc1nc(C2CC2)nc(NCC(C)(C)N(C)C)c1C. The Morgan fingerprint density at radius 1 is 1.14 bits per heavy atom. The highest BCUT2D eigenvalue weighted by Crippen LogP contribution is 2.39. The average molecular weight is 291 g/mol. The topological polar surface area (TPSA) is 53.1 Å². The fraction of sp³-hybridized carbons (Fsp3) is 0.750. The van der Waals surface area contributed by atoms with E-state index in [-0.39, 0.29) is 5.54 Å². The zero-order chi connectivity index (χ0) is 15.6. The number of anilines is 2. The molecule has 1 aromatic rings. The Morgan fingerprint density at radius 2 is 1.71 bits per heavy atom. The molecule has 1 saturated carbocycles. The first kappa shape index (κ1) is 16.0. The molecule has 2 N–H and O–H groups in total. The second-order valence-corrected chi connectivity index (χ2v) is 6.77. The van der Waals surface area contributed by atoms with Crippen LogP contribution in [0.15, 0.2) is 0 Å². The van der Waals surface area contributed by atoms with E-state index in [0.29, 0.717) is 5.92 Å². The molecule has 5 nitrogen and oxygen atoms in total. The summed E-state index contributed by atoms with van der Waals surface area (Å²) in [5, 5.41) is 6.88. The first-order chi connectivity index (χ1) is 9.85. The molecule has 21 heavy (non-hydrogen) atoms. The van der Waals surface area contributed by atoms with Gasteiger partial charge in [0.1, 0.15) is 17.5 Å². The van der Waals surface area contributed by atoms with E-state index in [1.165, 1.54) is 12.8 Å². The maximum Gasteiger partial charge on any atom is 0.136 e. The summed E-state index contributed by atoms with van der Waals surface area (Å²) in [6, 6.07) is 0. The summed E-state index contributed by atoms with van der Waals surface area (Å²) in [6.45, 7) is 10.4. The number of rotatable bonds is 7. The molecule has 1 fully saturated rings. The van der Waals surface area contributed by atoms with Gasteiger partial charge in [-0.1, -0.05) is 0 Å². The van der Waals surface area contributed by atoms with Crippen LogP contribution in [0.3, 0.4) is 0 Å². The van der Waals surface area contributed by atoms with E-state index in [2.05, 4.69) is 57.3 Å². The molecule has 0 spiro atoms. The van der Waals surface area contributed by atoms with E-state index in [1.54, 1.807) is 0 Å². The Labute approximate surface area is 128 Å². The van der Waals surface area contributed by atoms with Gasteiger partial charge >= 0.3 is 0 Å². The third-order valence-corrected chi connectivity index (χ3v) is 4.35. The summed E-state index contributed by atoms with van der Waals surface area (Å²) >= 11 is 0. The zero-order valence-corrected chi connectivity index (χ0v) is 14.2. The Morgan fingerprint density at radius 3 is 2.19 bits per heavy atom. The molecule has 0 amide bonds. The molecule has 0 unspecified atom stereocenters. The van der Waals surface area contributed by atoms with Gasteiger partial charge in [0.05, 0.1) is 0 Å². The highest BCUT2D eigenvalue weighted by Gasteiger charge is 2.28. The number of aromatic nitrogens is 2. The van der Waals surface area contributed by atoms with Gasteiger partial charge in [-0.25, -0.2) is 9.97 Å². The summed E-state index contributed by atoms with van der Waals surface area (Å²) in [6.07, 6.45) is 2.44. The van der Waals surface area contributed by atoms with Gasteiger partial charge in [-0.05, 0) is 54.6 Å². The summed E-state index contributed by atoms with van der Waals surface area (Å²) in [5.74, 6) is 3.49. The maximum absolute atomic E-state index is 4.76. The first-order valence-electron chi connectivity index (χ1n) is 7.89. The summed E-state index contributed by atoms with van der Waals surface area (Å²) in [5.41, 5.74) is 1.19. The molecule has 1 aliphatic carbocycles. The minimum Gasteiger partial charge on any atom is -0.370 e. The summed E-state index contributed by atoms with van der Waals surface area (Å²) in [4.78, 5) is 11.7. The molecule has 5 heteroatoms. The Bertz CT molecular complexity index is 492. The Kier molecular flexibility index (Phi) is 4.71. The van der Waals surface area contributed by atoms with Crippen LogP contribution < -0.4 is 10.6 Å². The van der Waals surface area contributed by atoms with Crippen molar-refractivity contribution in [2.24, 2.45) is 0 Å². The number of likely N-dealkylation sites (N-methyl/N-ethyl adjacent to an activating group) is 1. The highest BCUT2D eigenvalue weighted by atomic mass is 15.2. The van der Waals surface area contributed by atoms with E-state index in [4.69, 9.17) is 9.97 Å². The molecule has 1 aliphatic rings. The third-order valence-electron chi connectivity index (χ3n) is 4.35. The van der Waals surface area contributed by atoms with Crippen molar-refractivity contribution in [1.82, 2.24) is 14.9 Å². The van der Waals surface area contributed by atoms with E-state index < -0.39 is 0 Å². The van der Waals surface area contributed by atoms with Crippen molar-refractivity contribution in [3.8, 4) is 0 Å². The normalized spacial score (nSPS) is 15.4. The standard InChI is InChI=1S/C16H29N5/c1-7-17-13-11(2)14(18-10-16(3,4)21(5)6)20-15(19-13)12-8-9-12/h12H,7-10H2,1-6H3,(H2,17,18,19,20). The lowest BCUT2D eigenvalue weighted by Crippen LogP contribution is -2.44. The molecule has 0 atom stereocenters. The molecule has 1 aromatic heterocycles. The van der Waals surface area contributed by atoms with E-state index in [9.17, 15) is 0 Å². The lowest BCUT2D eigenvalue weighted by Gasteiger charge is -2.33. The molecule has 2 rings (SSSR count). The van der Waals surface area contributed by atoms with Crippen LogP contribution in [-0.4, -0.2) is 47.6 Å². The van der Waals surface area contributed by atoms with E-state index >= 15 is 0 Å². The van der Waals surface area contributed by atoms with Crippen molar-refractivity contribution in [2.45, 2.75) is 52.0 Å². The average Bonchev–Trinajstić information content (AvgIpc) is 3.24. The van der Waals surface area contributed by atoms with Crippen molar-refractivity contribution in [3.63, 3.8) is 0 Å². The maximum atomic E-state index is 4.76. The Balaban J connectivity index is 2.21. The predicted molar refractivity (Wildman–Crippen MR) is 89.2 cm³/mol. The largest absolute Gasteiger partial charge is 0.370 e. The van der Waals surface area contributed by atoms with Crippen LogP contribution in [0.1, 0.15) is 50.9 Å². The van der Waals surface area contributed by atoms with Crippen LogP contribution in [0.25, 0.3) is 0 Å². The number of nitrogens with zero attached hydrogens (tertiary/aromatic N) is 3. The van der Waals surface area contributed by atoms with Crippen molar-refractivity contribution in [3.05, 3.63) is 11.4 Å². The zero-order valence-electron chi connectivity index (χ0n) is 14.2. The fourth-order valence-corrected chi connectivity index (χ4v) is 2.03. The van der Waals surface area contributed by atoms with Crippen LogP contribution in [-0.2, 0) is 0 Å². The molecular weight excluding hydrogens is 262 g/mol. The minimum absolute atomic E-state index is 0.0789. The van der Waals surface area contributed by atoms with Crippen LogP contribution >= 0.6 is 0 Å². The lowest BCUT2D eigenvalue weighted by atomic mass is 10.0. The van der Waals surface area contributed by atoms with Gasteiger partial charge in [0.25, 0.3) is 0 Å². The smallest absolute Gasteiger partial charge is 0.136 e. The minimum atomic E-state index is 0.0789. The number of hydrogen-bond donors (Lipinski definition) is 2. The van der Waals surface area contributed by atoms with Crippen LogP contribution in [0.5, 0.6) is 0 Å². The van der Waals surface area contributed by atoms with Gasteiger partial charge in [0.2, 0.25) is 0 Å². The molecular formula is C16H29N5. The van der Waals surface area contributed by atoms with Crippen LogP contribution in [0, 0.1) is 6.92 Å². The first-order valence-corrected chi connectivity index (χ1v) is 7.89. The molecule has 0 bridgehead atoms. The highest BCUT2D eigenvalue weighted by molar-refractivity contribution is 5.57. The van der Waals surface area contributed by atoms with Gasteiger partial charge in [-0.15, -0.1) is 0 Å². The second kappa shape index (κ2) is 6.18. The van der Waals surface area contributed by atoms with Crippen molar-refractivity contribution in [2.75, 3.05) is 37.8 Å². The predicted octanol–water partition coefficient (Wildman–Crippen LogP) is 2.85. The molecule has 0 aromatic carbocycles. The van der Waals surface area contributed by atoms with E-state index in [0.717, 1.165) is 36.1 Å². The molecule has 1 heterocycles. The van der Waals surface area contributed by atoms with Crippen molar-refractivity contribution < 1.29 is 0 Å².